The predicted molar refractivity (Wildman–Crippen MR) is 51.7 cm³/mol. The summed E-state index contributed by atoms with van der Waals surface area (Å²) in [7, 11) is 0. The molecule has 12 heavy (non-hydrogen) atoms. The third-order valence-corrected chi connectivity index (χ3v) is 2.73. The van der Waals surface area contributed by atoms with E-state index in [2.05, 4.69) is 29.8 Å². The van der Waals surface area contributed by atoms with E-state index in [0.29, 0.717) is 6.04 Å². The number of hydrogen-bond acceptors (Lipinski definition) is 2. The average molecular weight is 164 g/mol. The summed E-state index contributed by atoms with van der Waals surface area (Å²) < 4.78 is 0. The molecule has 0 radical (unpaired) electrons. The van der Waals surface area contributed by atoms with Crippen LogP contribution in [0, 0.1) is 0 Å². The molecule has 0 amide bonds. The number of piperidine rings is 1. The zero-order valence-corrected chi connectivity index (χ0v) is 7.88. The second-order valence-corrected chi connectivity index (χ2v) is 3.83. The zero-order valence-electron chi connectivity index (χ0n) is 7.88. The first-order valence-corrected chi connectivity index (χ1v) is 4.74. The van der Waals surface area contributed by atoms with Crippen LogP contribution in [0.15, 0.2) is 16.6 Å². The van der Waals surface area contributed by atoms with Gasteiger partial charge in [0, 0.05) is 31.3 Å². The van der Waals surface area contributed by atoms with Crippen LogP contribution in [0.4, 0.5) is 0 Å². The molecular weight excluding hydrogens is 148 g/mol. The first-order chi connectivity index (χ1) is 5.77. The molecule has 1 saturated heterocycles. The van der Waals surface area contributed by atoms with Gasteiger partial charge in [-0.3, -0.25) is 9.89 Å². The second kappa shape index (κ2) is 3.02. The van der Waals surface area contributed by atoms with Crippen LogP contribution in [0.25, 0.3) is 0 Å². The van der Waals surface area contributed by atoms with Crippen molar-refractivity contribution < 1.29 is 0 Å². The molecule has 2 heteroatoms. The molecule has 0 aliphatic carbocycles. The van der Waals surface area contributed by atoms with Crippen LogP contribution in [-0.4, -0.2) is 36.3 Å². The quantitative estimate of drug-likeness (QED) is 0.573. The van der Waals surface area contributed by atoms with Gasteiger partial charge in [-0.15, -0.1) is 0 Å². The third kappa shape index (κ3) is 1.31. The second-order valence-electron chi connectivity index (χ2n) is 3.83. The van der Waals surface area contributed by atoms with Gasteiger partial charge in [-0.05, 0) is 19.4 Å². The topological polar surface area (TPSA) is 15.6 Å². The number of likely N-dealkylation sites (tertiary alicyclic amines) is 1. The Morgan fingerprint density at radius 2 is 2.33 bits per heavy atom. The number of fused-ring (bicyclic) bond motifs is 1. The van der Waals surface area contributed by atoms with Crippen LogP contribution in [0.3, 0.4) is 0 Å². The molecular formula is C10H16N2. The van der Waals surface area contributed by atoms with Crippen LogP contribution in [0.5, 0.6) is 0 Å². The van der Waals surface area contributed by atoms with Crippen molar-refractivity contribution >= 4 is 5.71 Å². The molecule has 1 fully saturated rings. The molecule has 2 nitrogen and oxygen atoms in total. The Balaban J connectivity index is 2.07. The first kappa shape index (κ1) is 7.99. The van der Waals surface area contributed by atoms with Gasteiger partial charge >= 0.3 is 0 Å². The van der Waals surface area contributed by atoms with Gasteiger partial charge in [-0.2, -0.15) is 0 Å². The Kier molecular flexibility index (Phi) is 2.01. The van der Waals surface area contributed by atoms with Crippen molar-refractivity contribution in [2.45, 2.75) is 26.3 Å². The fraction of sp³-hybridized carbons (Fsp3) is 0.700. The standard InChI is InChI=1S/C10H16N2/c1-8(2)12-6-4-10-9(7-12)3-5-11-10/h3,8H,4-7H2,1-2H3. The SMILES string of the molecule is CC(C)N1CCC2=NCC=C2C1. The van der Waals surface area contributed by atoms with E-state index in [1.54, 1.807) is 0 Å². The van der Waals surface area contributed by atoms with Crippen molar-refractivity contribution in [2.24, 2.45) is 4.99 Å². The fourth-order valence-electron chi connectivity index (χ4n) is 1.87. The molecule has 0 saturated carbocycles. The highest BCUT2D eigenvalue weighted by Crippen LogP contribution is 2.18. The zero-order chi connectivity index (χ0) is 8.55. The maximum Gasteiger partial charge on any atom is 0.0580 e. The van der Waals surface area contributed by atoms with E-state index in [4.69, 9.17) is 0 Å². The minimum Gasteiger partial charge on any atom is -0.296 e. The van der Waals surface area contributed by atoms with E-state index >= 15 is 0 Å². The lowest BCUT2D eigenvalue weighted by Crippen LogP contribution is -2.39. The van der Waals surface area contributed by atoms with E-state index < -0.39 is 0 Å². The lowest BCUT2D eigenvalue weighted by Gasteiger charge is -2.31. The van der Waals surface area contributed by atoms with Crippen molar-refractivity contribution in [3.8, 4) is 0 Å². The number of rotatable bonds is 1. The molecule has 0 bridgehead atoms. The van der Waals surface area contributed by atoms with Crippen LogP contribution in [-0.2, 0) is 0 Å². The highest BCUT2D eigenvalue weighted by Gasteiger charge is 2.22. The highest BCUT2D eigenvalue weighted by molar-refractivity contribution is 6.02. The predicted octanol–water partition coefficient (Wildman–Crippen LogP) is 1.48. The molecule has 0 unspecified atom stereocenters. The van der Waals surface area contributed by atoms with Gasteiger partial charge in [0.2, 0.25) is 0 Å². The molecule has 0 aromatic heterocycles. The maximum absolute atomic E-state index is 4.45. The normalized spacial score (nSPS) is 23.9. The molecule has 0 aromatic carbocycles. The first-order valence-electron chi connectivity index (χ1n) is 4.74. The largest absolute Gasteiger partial charge is 0.296 e. The monoisotopic (exact) mass is 164 g/mol. The summed E-state index contributed by atoms with van der Waals surface area (Å²) in [4.78, 5) is 6.96. The number of nitrogens with zero attached hydrogens (tertiary/aromatic N) is 2. The Labute approximate surface area is 74.0 Å². The van der Waals surface area contributed by atoms with Crippen LogP contribution in [0.1, 0.15) is 20.3 Å². The van der Waals surface area contributed by atoms with Gasteiger partial charge in [-0.25, -0.2) is 0 Å². The van der Waals surface area contributed by atoms with Crippen LogP contribution >= 0.6 is 0 Å². The van der Waals surface area contributed by atoms with Gasteiger partial charge < -0.3 is 0 Å². The highest BCUT2D eigenvalue weighted by atomic mass is 15.2. The third-order valence-electron chi connectivity index (χ3n) is 2.73. The van der Waals surface area contributed by atoms with E-state index in [1.165, 1.54) is 17.8 Å². The molecule has 0 aromatic rings. The van der Waals surface area contributed by atoms with Crippen molar-refractivity contribution in [1.82, 2.24) is 4.90 Å². The minimum absolute atomic E-state index is 0.674. The van der Waals surface area contributed by atoms with Crippen molar-refractivity contribution in [3.05, 3.63) is 11.6 Å². The van der Waals surface area contributed by atoms with E-state index in [-0.39, 0.29) is 0 Å². The number of aliphatic imine (C=N–C) groups is 1. The van der Waals surface area contributed by atoms with Gasteiger partial charge in [-0.1, -0.05) is 6.08 Å². The lowest BCUT2D eigenvalue weighted by molar-refractivity contribution is 0.242. The lowest BCUT2D eigenvalue weighted by atomic mass is 10.0. The van der Waals surface area contributed by atoms with Crippen molar-refractivity contribution in [3.63, 3.8) is 0 Å². The Bertz CT molecular complexity index is 238. The van der Waals surface area contributed by atoms with E-state index in [9.17, 15) is 0 Å². The van der Waals surface area contributed by atoms with E-state index in [0.717, 1.165) is 19.5 Å². The van der Waals surface area contributed by atoms with Crippen molar-refractivity contribution in [2.75, 3.05) is 19.6 Å². The Morgan fingerprint density at radius 3 is 3.08 bits per heavy atom. The summed E-state index contributed by atoms with van der Waals surface area (Å²) in [5.74, 6) is 0. The summed E-state index contributed by atoms with van der Waals surface area (Å²) in [5, 5.41) is 0. The summed E-state index contributed by atoms with van der Waals surface area (Å²) in [6.07, 6.45) is 3.42. The molecule has 0 N–H and O–H groups in total. The molecule has 0 spiro atoms. The molecule has 2 aliphatic rings. The smallest absolute Gasteiger partial charge is 0.0580 e. The molecule has 2 aliphatic heterocycles. The summed E-state index contributed by atoms with van der Waals surface area (Å²) in [6, 6.07) is 0.674. The van der Waals surface area contributed by atoms with Crippen LogP contribution < -0.4 is 0 Å². The fourth-order valence-corrected chi connectivity index (χ4v) is 1.87. The summed E-state index contributed by atoms with van der Waals surface area (Å²) in [6.45, 7) is 7.76. The van der Waals surface area contributed by atoms with Gasteiger partial charge in [0.15, 0.2) is 0 Å². The molecule has 2 rings (SSSR count). The maximum atomic E-state index is 4.45. The minimum atomic E-state index is 0.674. The van der Waals surface area contributed by atoms with E-state index in [1.807, 2.05) is 0 Å². The Hall–Kier alpha value is -0.630. The van der Waals surface area contributed by atoms with Crippen LogP contribution in [0.2, 0.25) is 0 Å². The number of hydrogen-bond donors (Lipinski definition) is 0. The van der Waals surface area contributed by atoms with Crippen molar-refractivity contribution in [1.29, 1.82) is 0 Å². The van der Waals surface area contributed by atoms with Gasteiger partial charge in [0.1, 0.15) is 0 Å². The average Bonchev–Trinajstić information content (AvgIpc) is 2.49. The molecule has 2 heterocycles. The summed E-state index contributed by atoms with van der Waals surface area (Å²) >= 11 is 0. The molecule has 0 atom stereocenters. The summed E-state index contributed by atoms with van der Waals surface area (Å²) in [5.41, 5.74) is 2.85. The van der Waals surface area contributed by atoms with Gasteiger partial charge in [0.05, 0.1) is 6.54 Å². The molecule has 66 valence electrons. The Morgan fingerprint density at radius 1 is 1.50 bits per heavy atom. The van der Waals surface area contributed by atoms with Gasteiger partial charge in [0.25, 0.3) is 0 Å².